The number of piperidine rings is 1. The largest absolute Gasteiger partial charge is 0.398 e. The molecule has 5 nitrogen and oxygen atoms in total. The lowest BCUT2D eigenvalue weighted by Crippen LogP contribution is -2.44. The lowest BCUT2D eigenvalue weighted by molar-refractivity contribution is 0.187. The summed E-state index contributed by atoms with van der Waals surface area (Å²) in [6.07, 6.45) is 3.32. The number of nitrogens with one attached hydrogen (secondary N) is 1. The van der Waals surface area contributed by atoms with Crippen LogP contribution in [-0.4, -0.2) is 39.5 Å². The Balaban J connectivity index is 2.07. The molecule has 1 aromatic carbocycles. The second-order valence-corrected chi connectivity index (χ2v) is 7.34. The highest BCUT2D eigenvalue weighted by Gasteiger charge is 2.23. The van der Waals surface area contributed by atoms with Gasteiger partial charge in [-0.2, -0.15) is 0 Å². The molecule has 0 aromatic heterocycles. The van der Waals surface area contributed by atoms with Crippen molar-refractivity contribution in [2.24, 2.45) is 0 Å². The first-order chi connectivity index (χ1) is 9.40. The van der Waals surface area contributed by atoms with Gasteiger partial charge in [-0.25, -0.2) is 13.1 Å². The van der Waals surface area contributed by atoms with E-state index in [2.05, 4.69) is 9.62 Å². The molecule has 1 fully saturated rings. The van der Waals surface area contributed by atoms with E-state index in [0.717, 1.165) is 19.4 Å². The van der Waals surface area contributed by atoms with E-state index in [9.17, 15) is 8.42 Å². The van der Waals surface area contributed by atoms with E-state index in [-0.39, 0.29) is 16.6 Å². The third-order valence-corrected chi connectivity index (χ3v) is 5.42. The Morgan fingerprint density at radius 2 is 2.20 bits per heavy atom. The number of nitrogens with two attached hydrogens (primary N) is 1. The molecule has 0 spiro atoms. The maximum atomic E-state index is 12.3. The summed E-state index contributed by atoms with van der Waals surface area (Å²) in [6, 6.07) is 4.65. The van der Waals surface area contributed by atoms with Crippen molar-refractivity contribution in [3.63, 3.8) is 0 Å². The van der Waals surface area contributed by atoms with Crippen molar-refractivity contribution in [3.8, 4) is 0 Å². The van der Waals surface area contributed by atoms with E-state index in [4.69, 9.17) is 17.3 Å². The SMILES string of the molecule is CN1CCCCC1CNS(=O)(=O)c1ccc(Cl)cc1N. The average molecular weight is 318 g/mol. The molecule has 3 N–H and O–H groups in total. The first-order valence-corrected chi connectivity index (χ1v) is 8.51. The molecule has 0 bridgehead atoms. The van der Waals surface area contributed by atoms with Crippen LogP contribution in [0.4, 0.5) is 5.69 Å². The van der Waals surface area contributed by atoms with Crippen LogP contribution in [0.15, 0.2) is 23.1 Å². The van der Waals surface area contributed by atoms with Gasteiger partial charge in [0.15, 0.2) is 0 Å². The van der Waals surface area contributed by atoms with Crippen LogP contribution in [0.3, 0.4) is 0 Å². The number of halogens is 1. The third kappa shape index (κ3) is 3.63. The summed E-state index contributed by atoms with van der Waals surface area (Å²) in [5.74, 6) is 0. The van der Waals surface area contributed by atoms with Gasteiger partial charge in [-0.15, -0.1) is 0 Å². The number of hydrogen-bond acceptors (Lipinski definition) is 4. The Labute approximate surface area is 125 Å². The quantitative estimate of drug-likeness (QED) is 0.829. The van der Waals surface area contributed by atoms with Crippen molar-refractivity contribution in [3.05, 3.63) is 23.2 Å². The van der Waals surface area contributed by atoms with Crippen LogP contribution in [0.2, 0.25) is 5.02 Å². The molecule has 1 atom stereocenters. The number of rotatable bonds is 4. The third-order valence-electron chi connectivity index (χ3n) is 3.69. The van der Waals surface area contributed by atoms with Crippen LogP contribution in [0.5, 0.6) is 0 Å². The van der Waals surface area contributed by atoms with Gasteiger partial charge in [-0.1, -0.05) is 18.0 Å². The molecule has 1 heterocycles. The van der Waals surface area contributed by atoms with Crippen LogP contribution in [0.25, 0.3) is 0 Å². The van der Waals surface area contributed by atoms with E-state index in [1.165, 1.54) is 24.6 Å². The van der Waals surface area contributed by atoms with Gasteiger partial charge < -0.3 is 10.6 Å². The maximum absolute atomic E-state index is 12.3. The zero-order valence-electron chi connectivity index (χ0n) is 11.5. The van der Waals surface area contributed by atoms with Crippen molar-refractivity contribution < 1.29 is 8.42 Å². The predicted molar refractivity (Wildman–Crippen MR) is 81.3 cm³/mol. The van der Waals surface area contributed by atoms with Crippen LogP contribution >= 0.6 is 11.6 Å². The summed E-state index contributed by atoms with van der Waals surface area (Å²) in [6.45, 7) is 1.41. The van der Waals surface area contributed by atoms with Crippen molar-refractivity contribution >= 4 is 27.3 Å². The molecule has 7 heteroatoms. The molecule has 0 amide bonds. The first kappa shape index (κ1) is 15.6. The minimum absolute atomic E-state index is 0.0837. The summed E-state index contributed by atoms with van der Waals surface area (Å²) >= 11 is 5.78. The summed E-state index contributed by atoms with van der Waals surface area (Å²) in [5, 5.41) is 0.425. The van der Waals surface area contributed by atoms with E-state index >= 15 is 0 Å². The van der Waals surface area contributed by atoms with Gasteiger partial charge in [0.05, 0.1) is 5.69 Å². The Kier molecular flexibility index (Phi) is 4.90. The van der Waals surface area contributed by atoms with Gasteiger partial charge in [0.25, 0.3) is 0 Å². The molecule has 1 aromatic rings. The number of sulfonamides is 1. The molecule has 2 rings (SSSR count). The zero-order chi connectivity index (χ0) is 14.8. The fraction of sp³-hybridized carbons (Fsp3) is 0.538. The second kappa shape index (κ2) is 6.30. The molecule has 20 heavy (non-hydrogen) atoms. The zero-order valence-corrected chi connectivity index (χ0v) is 13.0. The predicted octanol–water partition coefficient (Wildman–Crippen LogP) is 1.68. The van der Waals surface area contributed by atoms with Gasteiger partial charge in [0, 0.05) is 17.6 Å². The molecule has 0 aliphatic carbocycles. The molecule has 0 saturated carbocycles. The Hall–Kier alpha value is -0.820. The molecule has 112 valence electrons. The lowest BCUT2D eigenvalue weighted by atomic mass is 10.0. The molecule has 1 saturated heterocycles. The molecule has 1 aliphatic rings. The van der Waals surface area contributed by atoms with Crippen molar-refractivity contribution in [1.29, 1.82) is 0 Å². The van der Waals surface area contributed by atoms with Crippen molar-refractivity contribution in [2.45, 2.75) is 30.2 Å². The minimum atomic E-state index is -3.59. The van der Waals surface area contributed by atoms with Gasteiger partial charge >= 0.3 is 0 Å². The van der Waals surface area contributed by atoms with E-state index < -0.39 is 10.0 Å². The van der Waals surface area contributed by atoms with Crippen LogP contribution in [-0.2, 0) is 10.0 Å². The Morgan fingerprint density at radius 3 is 2.85 bits per heavy atom. The molecule has 0 radical (unpaired) electrons. The Bertz CT molecular complexity index is 577. The van der Waals surface area contributed by atoms with Gasteiger partial charge in [0.1, 0.15) is 4.90 Å². The van der Waals surface area contributed by atoms with Crippen molar-refractivity contribution in [1.82, 2.24) is 9.62 Å². The fourth-order valence-corrected chi connectivity index (χ4v) is 3.81. The highest BCUT2D eigenvalue weighted by atomic mass is 35.5. The highest BCUT2D eigenvalue weighted by Crippen LogP contribution is 2.22. The number of anilines is 1. The van der Waals surface area contributed by atoms with Crippen LogP contribution < -0.4 is 10.5 Å². The van der Waals surface area contributed by atoms with Gasteiger partial charge in [0.2, 0.25) is 10.0 Å². The van der Waals surface area contributed by atoms with Crippen molar-refractivity contribution in [2.75, 3.05) is 25.9 Å². The molecular weight excluding hydrogens is 298 g/mol. The minimum Gasteiger partial charge on any atom is -0.398 e. The Morgan fingerprint density at radius 1 is 1.45 bits per heavy atom. The summed E-state index contributed by atoms with van der Waals surface area (Å²) in [4.78, 5) is 2.28. The average Bonchev–Trinajstić information content (AvgIpc) is 2.37. The van der Waals surface area contributed by atoms with E-state index in [1.54, 1.807) is 0 Å². The number of nitrogen functional groups attached to an aromatic ring is 1. The topological polar surface area (TPSA) is 75.4 Å². The standard InChI is InChI=1S/C13H20ClN3O2S/c1-17-7-3-2-4-11(17)9-16-20(18,19)13-6-5-10(14)8-12(13)15/h5-6,8,11,16H,2-4,7,9,15H2,1H3. The van der Waals surface area contributed by atoms with E-state index in [1.807, 2.05) is 7.05 Å². The molecule has 1 unspecified atom stereocenters. The lowest BCUT2D eigenvalue weighted by Gasteiger charge is -2.32. The van der Waals surface area contributed by atoms with Gasteiger partial charge in [-0.3, -0.25) is 0 Å². The maximum Gasteiger partial charge on any atom is 0.242 e. The number of likely N-dealkylation sites (tertiary alicyclic amines) is 1. The molecule has 1 aliphatic heterocycles. The number of hydrogen-bond donors (Lipinski definition) is 2. The number of benzene rings is 1. The smallest absolute Gasteiger partial charge is 0.242 e. The van der Waals surface area contributed by atoms with Crippen LogP contribution in [0.1, 0.15) is 19.3 Å². The summed E-state index contributed by atoms with van der Waals surface area (Å²) in [5.41, 5.74) is 5.90. The second-order valence-electron chi connectivity index (χ2n) is 5.16. The summed E-state index contributed by atoms with van der Waals surface area (Å²) in [7, 11) is -1.57. The molecular formula is C13H20ClN3O2S. The monoisotopic (exact) mass is 317 g/mol. The van der Waals surface area contributed by atoms with Crippen LogP contribution in [0, 0.1) is 0 Å². The normalized spacial score (nSPS) is 21.0. The van der Waals surface area contributed by atoms with E-state index in [0.29, 0.717) is 11.6 Å². The first-order valence-electron chi connectivity index (χ1n) is 6.65. The highest BCUT2D eigenvalue weighted by molar-refractivity contribution is 7.89. The fourth-order valence-electron chi connectivity index (χ4n) is 2.45. The number of likely N-dealkylation sites (N-methyl/N-ethyl adjacent to an activating group) is 1. The van der Waals surface area contributed by atoms with Gasteiger partial charge in [-0.05, 0) is 44.6 Å². The summed E-state index contributed by atoms with van der Waals surface area (Å²) < 4.78 is 27.2. The number of nitrogens with zero attached hydrogens (tertiary/aromatic N) is 1.